The molecule has 0 heterocycles. The molecule has 3 heteroatoms. The first-order chi connectivity index (χ1) is 6.03. The highest BCUT2D eigenvalue weighted by atomic mass is 28.4. The summed E-state index contributed by atoms with van der Waals surface area (Å²) in [7, 11) is -2.07. The number of hydrogen-bond donors (Lipinski definition) is 0. The van der Waals surface area contributed by atoms with Gasteiger partial charge < -0.3 is 0 Å². The Kier molecular flexibility index (Phi) is 4.79. The van der Waals surface area contributed by atoms with Crippen molar-refractivity contribution >= 4 is 21.9 Å². The van der Waals surface area contributed by atoms with Crippen molar-refractivity contribution in [2.75, 3.05) is 0 Å². The minimum atomic E-state index is -1.12. The molecule has 0 radical (unpaired) electrons. The topological polar surface area (TPSA) is 17.1 Å². The molecule has 0 N–H and O–H groups in total. The normalized spacial score (nSPS) is 15.4. The summed E-state index contributed by atoms with van der Waals surface area (Å²) in [4.78, 5) is 11.2. The van der Waals surface area contributed by atoms with E-state index in [1.54, 1.807) is 6.92 Å². The summed E-state index contributed by atoms with van der Waals surface area (Å²) in [6.45, 7) is 16.0. The Balaban J connectivity index is 4.27. The molecule has 0 saturated heterocycles. The van der Waals surface area contributed by atoms with Crippen LogP contribution in [0.4, 0.5) is 0 Å². The highest BCUT2D eigenvalue weighted by molar-refractivity contribution is 6.94. The van der Waals surface area contributed by atoms with E-state index in [4.69, 9.17) is 0 Å². The van der Waals surface area contributed by atoms with Crippen LogP contribution in [0.25, 0.3) is 0 Å². The second-order valence-corrected chi connectivity index (χ2v) is 17.9. The number of ketones is 1. The van der Waals surface area contributed by atoms with E-state index in [0.29, 0.717) is 5.78 Å². The third-order valence-electron chi connectivity index (χ3n) is 2.56. The highest BCUT2D eigenvalue weighted by Crippen LogP contribution is 2.26. The second kappa shape index (κ2) is 4.75. The van der Waals surface area contributed by atoms with Crippen LogP contribution in [0, 0.1) is 5.92 Å². The van der Waals surface area contributed by atoms with Gasteiger partial charge in [-0.05, 0) is 13.0 Å². The molecule has 0 spiro atoms. The summed E-state index contributed by atoms with van der Waals surface area (Å²) in [5, 5.41) is 0. The predicted molar refractivity (Wildman–Crippen MR) is 70.3 cm³/mol. The maximum atomic E-state index is 11.2. The molecule has 0 rings (SSSR count). The molecule has 1 unspecified atom stereocenters. The lowest BCUT2D eigenvalue weighted by molar-refractivity contribution is -0.119. The van der Waals surface area contributed by atoms with Crippen LogP contribution < -0.4 is 0 Å². The molecule has 0 aliphatic heterocycles. The van der Waals surface area contributed by atoms with Gasteiger partial charge in [0.05, 0.1) is 0 Å². The van der Waals surface area contributed by atoms with Gasteiger partial charge >= 0.3 is 0 Å². The Morgan fingerprint density at radius 2 is 1.57 bits per heavy atom. The smallest absolute Gasteiger partial charge is 0.132 e. The molecule has 0 fully saturated rings. The molecule has 1 nitrogen and oxygen atoms in total. The second-order valence-electron chi connectivity index (χ2n) is 6.62. The zero-order valence-electron chi connectivity index (χ0n) is 10.9. The summed E-state index contributed by atoms with van der Waals surface area (Å²) >= 11 is 0. The Bertz CT molecular complexity index is 204. The fourth-order valence-corrected chi connectivity index (χ4v) is 16.5. The van der Waals surface area contributed by atoms with Gasteiger partial charge in [-0.25, -0.2) is 0 Å². The maximum absolute atomic E-state index is 11.2. The van der Waals surface area contributed by atoms with Crippen LogP contribution in [0.15, 0.2) is 0 Å². The molecular formula is C11H26OSi2. The average Bonchev–Trinajstić information content (AvgIpc) is 1.78. The standard InChI is InChI=1S/C11H26OSi2/c1-10(11(2)12)8-14(6,7)9-13(3,4)5/h10H,8-9H2,1-7H3. The van der Waals surface area contributed by atoms with Gasteiger partial charge in [0.25, 0.3) is 0 Å². The zero-order valence-corrected chi connectivity index (χ0v) is 12.9. The first-order valence-corrected chi connectivity index (χ1v) is 12.7. The first-order valence-electron chi connectivity index (χ1n) is 5.54. The Morgan fingerprint density at radius 3 is 1.86 bits per heavy atom. The summed E-state index contributed by atoms with van der Waals surface area (Å²) < 4.78 is 0. The van der Waals surface area contributed by atoms with E-state index in [2.05, 4.69) is 39.7 Å². The van der Waals surface area contributed by atoms with Gasteiger partial charge in [-0.3, -0.25) is 4.79 Å². The monoisotopic (exact) mass is 230 g/mol. The minimum Gasteiger partial charge on any atom is -0.300 e. The first kappa shape index (κ1) is 14.1. The lowest BCUT2D eigenvalue weighted by atomic mass is 10.1. The number of carbonyl (C=O) groups excluding carboxylic acids is 1. The minimum absolute atomic E-state index is 0.285. The molecular weight excluding hydrogens is 204 g/mol. The zero-order chi connectivity index (χ0) is 11.6. The lowest BCUT2D eigenvalue weighted by Crippen LogP contribution is -2.39. The highest BCUT2D eigenvalue weighted by Gasteiger charge is 2.30. The summed E-state index contributed by atoms with van der Waals surface area (Å²) in [6.07, 6.45) is 0. The van der Waals surface area contributed by atoms with Crippen molar-refractivity contribution in [3.05, 3.63) is 0 Å². The molecule has 1 atom stereocenters. The molecule has 84 valence electrons. The van der Waals surface area contributed by atoms with Crippen molar-refractivity contribution in [1.82, 2.24) is 0 Å². The van der Waals surface area contributed by atoms with Gasteiger partial charge in [0.15, 0.2) is 0 Å². The van der Waals surface area contributed by atoms with Gasteiger partial charge in [0.2, 0.25) is 0 Å². The van der Waals surface area contributed by atoms with Gasteiger partial charge in [-0.2, -0.15) is 0 Å². The molecule has 0 aromatic heterocycles. The number of carbonyl (C=O) groups is 1. The van der Waals surface area contributed by atoms with Crippen LogP contribution in [0.5, 0.6) is 0 Å². The van der Waals surface area contributed by atoms with Crippen molar-refractivity contribution in [2.24, 2.45) is 5.92 Å². The van der Waals surface area contributed by atoms with Gasteiger partial charge in [-0.15, -0.1) is 0 Å². The largest absolute Gasteiger partial charge is 0.300 e. The average molecular weight is 230 g/mol. The molecule has 0 aromatic carbocycles. The molecule has 0 saturated carbocycles. The quantitative estimate of drug-likeness (QED) is 0.657. The molecule has 0 aliphatic rings. The number of Topliss-reactive ketones (excluding diaryl/α,β-unsaturated/α-hetero) is 1. The van der Waals surface area contributed by atoms with E-state index in [1.807, 2.05) is 0 Å². The van der Waals surface area contributed by atoms with Crippen LogP contribution in [0.1, 0.15) is 13.8 Å². The van der Waals surface area contributed by atoms with E-state index >= 15 is 0 Å². The van der Waals surface area contributed by atoms with Crippen LogP contribution in [0.2, 0.25) is 44.4 Å². The third-order valence-corrected chi connectivity index (χ3v) is 12.4. The van der Waals surface area contributed by atoms with Crippen molar-refractivity contribution in [1.29, 1.82) is 0 Å². The fourth-order valence-electron chi connectivity index (χ4n) is 2.48. The van der Waals surface area contributed by atoms with Gasteiger partial charge in [-0.1, -0.05) is 45.3 Å². The SMILES string of the molecule is CC(=O)C(C)C[Si](C)(C)C[Si](C)(C)C. The summed E-state index contributed by atoms with van der Waals surface area (Å²) in [5.41, 5.74) is 1.44. The molecule has 0 amide bonds. The molecule has 0 bridgehead atoms. The maximum Gasteiger partial charge on any atom is 0.132 e. The van der Waals surface area contributed by atoms with E-state index in [0.717, 1.165) is 0 Å². The van der Waals surface area contributed by atoms with E-state index in [-0.39, 0.29) is 5.92 Å². The third kappa shape index (κ3) is 6.54. The summed E-state index contributed by atoms with van der Waals surface area (Å²) in [5.74, 6) is 0.647. The van der Waals surface area contributed by atoms with Crippen LogP contribution >= 0.6 is 0 Å². The van der Waals surface area contributed by atoms with Crippen LogP contribution in [-0.2, 0) is 4.79 Å². The lowest BCUT2D eigenvalue weighted by Gasteiger charge is -2.31. The predicted octanol–water partition coefficient (Wildman–Crippen LogP) is 3.80. The fraction of sp³-hybridized carbons (Fsp3) is 0.909. The van der Waals surface area contributed by atoms with Crippen molar-refractivity contribution in [3.63, 3.8) is 0 Å². The van der Waals surface area contributed by atoms with E-state index in [9.17, 15) is 4.79 Å². The van der Waals surface area contributed by atoms with Crippen molar-refractivity contribution in [3.8, 4) is 0 Å². The van der Waals surface area contributed by atoms with Crippen LogP contribution in [0.3, 0.4) is 0 Å². The Labute approximate surface area is 91.3 Å². The number of hydrogen-bond acceptors (Lipinski definition) is 1. The van der Waals surface area contributed by atoms with Gasteiger partial charge in [0, 0.05) is 22.1 Å². The van der Waals surface area contributed by atoms with Gasteiger partial charge in [0.1, 0.15) is 5.78 Å². The molecule has 0 aliphatic carbocycles. The van der Waals surface area contributed by atoms with Crippen LogP contribution in [-0.4, -0.2) is 21.9 Å². The molecule has 14 heavy (non-hydrogen) atoms. The molecule has 0 aromatic rings. The van der Waals surface area contributed by atoms with Crippen molar-refractivity contribution < 1.29 is 4.79 Å². The Morgan fingerprint density at radius 1 is 1.14 bits per heavy atom. The van der Waals surface area contributed by atoms with Crippen molar-refractivity contribution in [2.45, 2.75) is 58.3 Å². The van der Waals surface area contributed by atoms with E-state index in [1.165, 1.54) is 11.7 Å². The number of rotatable bonds is 5. The van der Waals surface area contributed by atoms with E-state index < -0.39 is 16.1 Å². The Hall–Kier alpha value is 0.104. The summed E-state index contributed by atoms with van der Waals surface area (Å²) in [6, 6.07) is 1.17.